The molecule has 0 aromatic carbocycles. The molecule has 0 spiro atoms. The first-order chi connectivity index (χ1) is 8.98. The summed E-state index contributed by atoms with van der Waals surface area (Å²) in [6.07, 6.45) is 8.13. The van der Waals surface area contributed by atoms with E-state index >= 15 is 0 Å². The molecule has 1 aliphatic carbocycles. The van der Waals surface area contributed by atoms with Crippen LogP contribution in [0.5, 0.6) is 0 Å². The fourth-order valence-corrected chi connectivity index (χ4v) is 3.53. The highest BCUT2D eigenvalue weighted by Gasteiger charge is 2.24. The van der Waals surface area contributed by atoms with Crippen LogP contribution >= 0.6 is 11.6 Å². The third-order valence-corrected chi connectivity index (χ3v) is 5.07. The summed E-state index contributed by atoms with van der Waals surface area (Å²) in [7, 11) is -3.28. The minimum Gasteiger partial charge on any atom is -0.365 e. The number of anilines is 1. The first-order valence-corrected chi connectivity index (χ1v) is 8.87. The fourth-order valence-electron chi connectivity index (χ4n) is 2.40. The van der Waals surface area contributed by atoms with E-state index < -0.39 is 9.84 Å². The number of pyridine rings is 1. The summed E-state index contributed by atoms with van der Waals surface area (Å²) in [5.74, 6) is 0.419. The molecule has 2 unspecified atom stereocenters. The van der Waals surface area contributed by atoms with Crippen LogP contribution < -0.4 is 5.32 Å². The summed E-state index contributed by atoms with van der Waals surface area (Å²) < 4.78 is 23.5. The number of alkyl halides is 1. The fraction of sp³-hybridized carbons (Fsp3) is 0.615. The standard InChI is InChI=1S/C13H19ClN2O2S/c1-19(17,18)12-8-5-9-15-13(12)16-11-7-4-2-3-6-10(11)14/h5,8-11H,2-4,6-7H2,1H3,(H,15,16). The Bertz CT molecular complexity index is 533. The minimum absolute atomic E-state index is 0.0249. The second-order valence-corrected chi connectivity index (χ2v) is 7.57. The second kappa shape index (κ2) is 6.09. The number of aromatic nitrogens is 1. The predicted octanol–water partition coefficient (Wildman–Crippen LogP) is 2.84. The molecule has 0 bridgehead atoms. The number of hydrogen-bond donors (Lipinski definition) is 1. The lowest BCUT2D eigenvalue weighted by molar-refractivity contribution is 0.599. The van der Waals surface area contributed by atoms with Gasteiger partial charge in [-0.2, -0.15) is 0 Å². The van der Waals surface area contributed by atoms with Crippen molar-refractivity contribution < 1.29 is 8.42 Å². The molecule has 0 radical (unpaired) electrons. The van der Waals surface area contributed by atoms with Gasteiger partial charge >= 0.3 is 0 Å². The molecule has 1 aliphatic rings. The zero-order chi connectivity index (χ0) is 13.9. The lowest BCUT2D eigenvalue weighted by atomic mass is 10.1. The molecule has 0 saturated heterocycles. The maximum atomic E-state index is 11.7. The molecule has 0 amide bonds. The molecule has 1 saturated carbocycles. The molecule has 1 N–H and O–H groups in total. The number of nitrogens with zero attached hydrogens (tertiary/aromatic N) is 1. The number of nitrogens with one attached hydrogen (secondary N) is 1. The van der Waals surface area contributed by atoms with Crippen molar-refractivity contribution in [2.45, 2.75) is 48.4 Å². The smallest absolute Gasteiger partial charge is 0.179 e. The zero-order valence-electron chi connectivity index (χ0n) is 11.0. The van der Waals surface area contributed by atoms with Gasteiger partial charge in [0.05, 0.1) is 5.38 Å². The lowest BCUT2D eigenvalue weighted by Crippen LogP contribution is -2.30. The molecule has 2 atom stereocenters. The van der Waals surface area contributed by atoms with Crippen LogP contribution in [0.1, 0.15) is 32.1 Å². The van der Waals surface area contributed by atoms with E-state index in [0.717, 1.165) is 25.7 Å². The Morgan fingerprint density at radius 1 is 1.32 bits per heavy atom. The van der Waals surface area contributed by atoms with Gasteiger partial charge < -0.3 is 5.32 Å². The van der Waals surface area contributed by atoms with Gasteiger partial charge in [0, 0.05) is 18.5 Å². The van der Waals surface area contributed by atoms with Crippen molar-refractivity contribution in [3.63, 3.8) is 0 Å². The molecule has 19 heavy (non-hydrogen) atoms. The second-order valence-electron chi connectivity index (χ2n) is 5.03. The monoisotopic (exact) mass is 302 g/mol. The Morgan fingerprint density at radius 2 is 2.05 bits per heavy atom. The van der Waals surface area contributed by atoms with Crippen LogP contribution in [-0.2, 0) is 9.84 Å². The third kappa shape index (κ3) is 3.83. The Labute approximate surface area is 119 Å². The highest BCUT2D eigenvalue weighted by molar-refractivity contribution is 7.90. The van der Waals surface area contributed by atoms with Crippen LogP contribution in [0.2, 0.25) is 0 Å². The summed E-state index contributed by atoms with van der Waals surface area (Å²) in [6.45, 7) is 0. The van der Waals surface area contributed by atoms with Gasteiger partial charge in [0.2, 0.25) is 0 Å². The van der Waals surface area contributed by atoms with E-state index in [1.165, 1.54) is 12.7 Å². The summed E-state index contributed by atoms with van der Waals surface area (Å²) in [6, 6.07) is 3.29. The molecule has 106 valence electrons. The van der Waals surface area contributed by atoms with E-state index in [4.69, 9.17) is 11.6 Å². The molecular weight excluding hydrogens is 284 g/mol. The molecule has 2 rings (SSSR count). The third-order valence-electron chi connectivity index (χ3n) is 3.42. The zero-order valence-corrected chi connectivity index (χ0v) is 12.5. The Balaban J connectivity index is 2.23. The highest BCUT2D eigenvalue weighted by Crippen LogP contribution is 2.27. The summed E-state index contributed by atoms with van der Waals surface area (Å²) in [5, 5.41) is 3.25. The van der Waals surface area contributed by atoms with Gasteiger partial charge in [-0.05, 0) is 25.0 Å². The number of rotatable bonds is 3. The van der Waals surface area contributed by atoms with Gasteiger partial charge in [0.1, 0.15) is 10.7 Å². The first kappa shape index (κ1) is 14.6. The molecule has 1 heterocycles. The molecule has 4 nitrogen and oxygen atoms in total. The molecule has 1 aromatic rings. The Morgan fingerprint density at radius 3 is 2.79 bits per heavy atom. The van der Waals surface area contributed by atoms with Crippen molar-refractivity contribution in [3.8, 4) is 0 Å². The van der Waals surface area contributed by atoms with Crippen molar-refractivity contribution in [2.24, 2.45) is 0 Å². The number of halogens is 1. The molecule has 0 aliphatic heterocycles. The summed E-state index contributed by atoms with van der Waals surface area (Å²) in [5.41, 5.74) is 0. The number of sulfone groups is 1. The molecule has 1 aromatic heterocycles. The van der Waals surface area contributed by atoms with Gasteiger partial charge in [0.25, 0.3) is 0 Å². The normalized spacial score (nSPS) is 24.7. The van der Waals surface area contributed by atoms with Crippen molar-refractivity contribution >= 4 is 27.3 Å². The lowest BCUT2D eigenvalue weighted by Gasteiger charge is -2.22. The highest BCUT2D eigenvalue weighted by atomic mass is 35.5. The van der Waals surface area contributed by atoms with Gasteiger partial charge in [-0.3, -0.25) is 0 Å². The van der Waals surface area contributed by atoms with Gasteiger partial charge in [-0.15, -0.1) is 11.6 Å². The molecular formula is C13H19ClN2O2S. The van der Waals surface area contributed by atoms with E-state index in [0.29, 0.717) is 5.82 Å². The van der Waals surface area contributed by atoms with Crippen LogP contribution in [0, 0.1) is 0 Å². The SMILES string of the molecule is CS(=O)(=O)c1cccnc1NC1CCCCCC1Cl. The van der Waals surface area contributed by atoms with Gasteiger partial charge in [-0.25, -0.2) is 13.4 Å². The van der Waals surface area contributed by atoms with E-state index in [1.807, 2.05) is 0 Å². The van der Waals surface area contributed by atoms with Gasteiger partial charge in [-0.1, -0.05) is 19.3 Å². The summed E-state index contributed by atoms with van der Waals surface area (Å²) >= 11 is 6.36. The first-order valence-electron chi connectivity index (χ1n) is 6.54. The average Bonchev–Trinajstić information content (AvgIpc) is 2.54. The van der Waals surface area contributed by atoms with E-state index in [9.17, 15) is 8.42 Å². The minimum atomic E-state index is -3.28. The largest absolute Gasteiger partial charge is 0.365 e. The van der Waals surface area contributed by atoms with Crippen LogP contribution in [0.4, 0.5) is 5.82 Å². The van der Waals surface area contributed by atoms with Crippen molar-refractivity contribution in [3.05, 3.63) is 18.3 Å². The predicted molar refractivity (Wildman–Crippen MR) is 77.5 cm³/mol. The molecule has 6 heteroatoms. The molecule has 1 fully saturated rings. The maximum absolute atomic E-state index is 11.7. The van der Waals surface area contributed by atoms with Crippen LogP contribution in [0.25, 0.3) is 0 Å². The average molecular weight is 303 g/mol. The van der Waals surface area contributed by atoms with Crippen molar-refractivity contribution in [2.75, 3.05) is 11.6 Å². The maximum Gasteiger partial charge on any atom is 0.179 e. The summed E-state index contributed by atoms with van der Waals surface area (Å²) in [4.78, 5) is 4.39. The Hall–Kier alpha value is -0.810. The van der Waals surface area contributed by atoms with Crippen LogP contribution in [-0.4, -0.2) is 31.1 Å². The quantitative estimate of drug-likeness (QED) is 0.689. The van der Waals surface area contributed by atoms with Crippen LogP contribution in [0.15, 0.2) is 23.2 Å². The van der Waals surface area contributed by atoms with E-state index in [-0.39, 0.29) is 16.3 Å². The Kier molecular flexibility index (Phi) is 4.68. The van der Waals surface area contributed by atoms with E-state index in [2.05, 4.69) is 10.3 Å². The van der Waals surface area contributed by atoms with Crippen molar-refractivity contribution in [1.82, 2.24) is 4.98 Å². The van der Waals surface area contributed by atoms with Crippen LogP contribution in [0.3, 0.4) is 0 Å². The van der Waals surface area contributed by atoms with E-state index in [1.54, 1.807) is 18.3 Å². The number of hydrogen-bond acceptors (Lipinski definition) is 4. The topological polar surface area (TPSA) is 59.1 Å². The van der Waals surface area contributed by atoms with Gasteiger partial charge in [0.15, 0.2) is 9.84 Å². The van der Waals surface area contributed by atoms with Crippen molar-refractivity contribution in [1.29, 1.82) is 0 Å².